The van der Waals surface area contributed by atoms with Crippen LogP contribution in [0.4, 0.5) is 5.82 Å². The average Bonchev–Trinajstić information content (AvgIpc) is 2.61. The van der Waals surface area contributed by atoms with Crippen molar-refractivity contribution in [2.24, 2.45) is 0 Å². The number of nitrogens with zero attached hydrogens (tertiary/aromatic N) is 2. The Balaban J connectivity index is 1.97. The van der Waals surface area contributed by atoms with E-state index in [0.29, 0.717) is 17.9 Å². The molecular weight excluding hydrogens is 282 g/mol. The third kappa shape index (κ3) is 3.38. The summed E-state index contributed by atoms with van der Waals surface area (Å²) in [5.74, 6) is 0.634. The number of hydrogen-bond acceptors (Lipinski definition) is 3. The molecule has 3 aromatic rings. The van der Waals surface area contributed by atoms with Crippen LogP contribution in [0.2, 0.25) is 0 Å². The van der Waals surface area contributed by atoms with Gasteiger partial charge in [0.2, 0.25) is 0 Å². The van der Waals surface area contributed by atoms with Crippen molar-refractivity contribution in [1.82, 2.24) is 4.98 Å². The van der Waals surface area contributed by atoms with Crippen molar-refractivity contribution in [2.75, 3.05) is 5.32 Å². The van der Waals surface area contributed by atoms with Crippen molar-refractivity contribution in [2.45, 2.75) is 13.5 Å². The van der Waals surface area contributed by atoms with Crippen LogP contribution in [0.15, 0.2) is 66.7 Å². The molecule has 112 valence electrons. The molecule has 1 N–H and O–H groups in total. The fraction of sp³-hybridized carbons (Fsp3) is 0.100. The molecule has 0 aliphatic carbocycles. The molecule has 0 spiro atoms. The van der Waals surface area contributed by atoms with Crippen molar-refractivity contribution in [3.8, 4) is 17.2 Å². The highest BCUT2D eigenvalue weighted by molar-refractivity contribution is 5.76. The number of aromatic nitrogens is 1. The van der Waals surface area contributed by atoms with Gasteiger partial charge in [-0.05, 0) is 24.1 Å². The molecule has 3 nitrogen and oxygen atoms in total. The Morgan fingerprint density at radius 1 is 1.00 bits per heavy atom. The Bertz CT molecular complexity index is 834. The first-order valence-corrected chi connectivity index (χ1v) is 7.53. The lowest BCUT2D eigenvalue weighted by Gasteiger charge is -2.12. The van der Waals surface area contributed by atoms with Crippen molar-refractivity contribution < 1.29 is 0 Å². The van der Waals surface area contributed by atoms with E-state index in [1.54, 1.807) is 0 Å². The van der Waals surface area contributed by atoms with Gasteiger partial charge in [-0.3, -0.25) is 0 Å². The predicted octanol–water partition coefficient (Wildman–Crippen LogP) is 4.54. The van der Waals surface area contributed by atoms with Crippen LogP contribution >= 0.6 is 0 Å². The van der Waals surface area contributed by atoms with Gasteiger partial charge in [-0.1, -0.05) is 60.7 Å². The zero-order chi connectivity index (χ0) is 16.1. The van der Waals surface area contributed by atoms with E-state index in [9.17, 15) is 5.26 Å². The van der Waals surface area contributed by atoms with Gasteiger partial charge >= 0.3 is 0 Å². The van der Waals surface area contributed by atoms with Crippen molar-refractivity contribution >= 4 is 5.82 Å². The lowest BCUT2D eigenvalue weighted by molar-refractivity contribution is 1.08. The first kappa shape index (κ1) is 14.8. The monoisotopic (exact) mass is 299 g/mol. The molecule has 0 aliphatic heterocycles. The molecule has 0 amide bonds. The van der Waals surface area contributed by atoms with Gasteiger partial charge in [0, 0.05) is 17.8 Å². The molecule has 3 heteroatoms. The lowest BCUT2D eigenvalue weighted by atomic mass is 10.0. The second-order valence-electron chi connectivity index (χ2n) is 5.35. The van der Waals surface area contributed by atoms with E-state index in [4.69, 9.17) is 0 Å². The van der Waals surface area contributed by atoms with Crippen LogP contribution in [0.5, 0.6) is 0 Å². The molecular formula is C20H17N3. The molecule has 0 aliphatic rings. The fourth-order valence-corrected chi connectivity index (χ4v) is 2.54. The Labute approximate surface area is 136 Å². The van der Waals surface area contributed by atoms with Crippen molar-refractivity contribution in [1.29, 1.82) is 5.26 Å². The summed E-state index contributed by atoms with van der Waals surface area (Å²) in [6.07, 6.45) is 0. The zero-order valence-electron chi connectivity index (χ0n) is 13.0. The summed E-state index contributed by atoms with van der Waals surface area (Å²) < 4.78 is 0. The molecule has 2 aromatic carbocycles. The van der Waals surface area contributed by atoms with Gasteiger partial charge in [0.05, 0.1) is 0 Å². The molecule has 0 unspecified atom stereocenters. The highest BCUT2D eigenvalue weighted by atomic mass is 15.0. The van der Waals surface area contributed by atoms with Crippen LogP contribution in [0.25, 0.3) is 11.1 Å². The van der Waals surface area contributed by atoms with Gasteiger partial charge in [0.15, 0.2) is 0 Å². The average molecular weight is 299 g/mol. The SMILES string of the molecule is Cc1cc(-c2ccccc2)c(C#N)c(NCc2ccccc2)n1. The Morgan fingerprint density at radius 3 is 2.30 bits per heavy atom. The molecule has 0 atom stereocenters. The van der Waals surface area contributed by atoms with Crippen molar-refractivity contribution in [3.05, 3.63) is 83.6 Å². The number of pyridine rings is 1. The zero-order valence-corrected chi connectivity index (χ0v) is 13.0. The number of benzene rings is 2. The first-order valence-electron chi connectivity index (χ1n) is 7.53. The van der Waals surface area contributed by atoms with E-state index in [0.717, 1.165) is 22.4 Å². The maximum atomic E-state index is 9.62. The minimum atomic E-state index is 0.581. The number of nitriles is 1. The second kappa shape index (κ2) is 6.76. The summed E-state index contributed by atoms with van der Waals surface area (Å²) in [5, 5.41) is 12.9. The second-order valence-corrected chi connectivity index (χ2v) is 5.35. The maximum Gasteiger partial charge on any atom is 0.145 e. The number of aryl methyl sites for hydroxylation is 1. The van der Waals surface area contributed by atoms with E-state index in [-0.39, 0.29) is 0 Å². The third-order valence-corrected chi connectivity index (χ3v) is 3.65. The highest BCUT2D eigenvalue weighted by Crippen LogP contribution is 2.28. The van der Waals surface area contributed by atoms with Crippen LogP contribution in [-0.4, -0.2) is 4.98 Å². The quantitative estimate of drug-likeness (QED) is 0.769. The standard InChI is InChI=1S/C20H17N3/c1-15-12-18(17-10-6-3-7-11-17)19(13-21)20(23-15)22-14-16-8-4-2-5-9-16/h2-12H,14H2,1H3,(H,22,23). The van der Waals surface area contributed by atoms with Gasteiger partial charge in [-0.15, -0.1) is 0 Å². The molecule has 0 fully saturated rings. The van der Waals surface area contributed by atoms with Crippen LogP contribution in [-0.2, 0) is 6.54 Å². The van der Waals surface area contributed by atoms with Crippen LogP contribution < -0.4 is 5.32 Å². The van der Waals surface area contributed by atoms with Crippen LogP contribution in [0.3, 0.4) is 0 Å². The summed E-state index contributed by atoms with van der Waals surface area (Å²) in [4.78, 5) is 4.51. The topological polar surface area (TPSA) is 48.7 Å². The molecule has 1 heterocycles. The Morgan fingerprint density at radius 2 is 1.65 bits per heavy atom. The van der Waals surface area contributed by atoms with Gasteiger partial charge in [0.25, 0.3) is 0 Å². The molecule has 23 heavy (non-hydrogen) atoms. The van der Waals surface area contributed by atoms with E-state index in [2.05, 4.69) is 16.4 Å². The number of hydrogen-bond donors (Lipinski definition) is 1. The van der Waals surface area contributed by atoms with Gasteiger partial charge in [0.1, 0.15) is 17.5 Å². The van der Waals surface area contributed by atoms with Crippen LogP contribution in [0, 0.1) is 18.3 Å². The molecule has 0 bridgehead atoms. The Hall–Kier alpha value is -3.12. The summed E-state index contributed by atoms with van der Waals surface area (Å²) in [7, 11) is 0. The highest BCUT2D eigenvalue weighted by Gasteiger charge is 2.12. The van der Waals surface area contributed by atoms with E-state index in [1.807, 2.05) is 73.7 Å². The number of rotatable bonds is 4. The molecule has 0 saturated heterocycles. The fourth-order valence-electron chi connectivity index (χ4n) is 2.54. The molecule has 1 aromatic heterocycles. The van der Waals surface area contributed by atoms with Gasteiger partial charge in [-0.25, -0.2) is 4.98 Å². The van der Waals surface area contributed by atoms with E-state index in [1.165, 1.54) is 0 Å². The summed E-state index contributed by atoms with van der Waals surface area (Å²) >= 11 is 0. The maximum absolute atomic E-state index is 9.62. The minimum absolute atomic E-state index is 0.581. The van der Waals surface area contributed by atoms with E-state index >= 15 is 0 Å². The minimum Gasteiger partial charge on any atom is -0.365 e. The third-order valence-electron chi connectivity index (χ3n) is 3.65. The smallest absolute Gasteiger partial charge is 0.145 e. The molecule has 0 saturated carbocycles. The predicted molar refractivity (Wildman–Crippen MR) is 92.9 cm³/mol. The summed E-state index contributed by atoms with van der Waals surface area (Å²) in [6.45, 7) is 2.58. The van der Waals surface area contributed by atoms with Crippen LogP contribution in [0.1, 0.15) is 16.8 Å². The first-order chi connectivity index (χ1) is 11.3. The normalized spacial score (nSPS) is 10.1. The largest absolute Gasteiger partial charge is 0.365 e. The number of anilines is 1. The van der Waals surface area contributed by atoms with E-state index < -0.39 is 0 Å². The Kier molecular flexibility index (Phi) is 4.35. The summed E-state index contributed by atoms with van der Waals surface area (Å²) in [6, 6.07) is 24.3. The number of nitrogens with one attached hydrogen (secondary N) is 1. The molecule has 3 rings (SSSR count). The molecule has 0 radical (unpaired) electrons. The van der Waals surface area contributed by atoms with Gasteiger partial charge in [-0.2, -0.15) is 5.26 Å². The summed E-state index contributed by atoms with van der Waals surface area (Å²) in [5.41, 5.74) is 4.56. The van der Waals surface area contributed by atoms with Gasteiger partial charge < -0.3 is 5.32 Å². The lowest BCUT2D eigenvalue weighted by Crippen LogP contribution is -2.05. The van der Waals surface area contributed by atoms with Crippen molar-refractivity contribution in [3.63, 3.8) is 0 Å².